The van der Waals surface area contributed by atoms with Crippen LogP contribution >= 0.6 is 0 Å². The number of carbonyl (C=O) groups excluding carboxylic acids is 1. The van der Waals surface area contributed by atoms with E-state index < -0.39 is 0 Å². The first-order valence-corrected chi connectivity index (χ1v) is 10.4. The monoisotopic (exact) mass is 396 g/mol. The van der Waals surface area contributed by atoms with Gasteiger partial charge in [-0.05, 0) is 55.1 Å². The Morgan fingerprint density at radius 1 is 1.00 bits per heavy atom. The number of rotatable bonds is 9. The van der Waals surface area contributed by atoms with Gasteiger partial charge in [-0.2, -0.15) is 0 Å². The van der Waals surface area contributed by atoms with E-state index in [-0.39, 0.29) is 17.9 Å². The summed E-state index contributed by atoms with van der Waals surface area (Å²) in [5.41, 5.74) is 2.33. The summed E-state index contributed by atoms with van der Waals surface area (Å²) in [6.45, 7) is 4.79. The normalized spacial score (nSPS) is 16.2. The molecule has 1 fully saturated rings. The Bertz CT molecular complexity index is 788. The van der Waals surface area contributed by atoms with Crippen LogP contribution in [0, 0.1) is 0 Å². The van der Waals surface area contributed by atoms with Gasteiger partial charge in [0.1, 0.15) is 0 Å². The number of hydrogen-bond acceptors (Lipinski definition) is 4. The molecule has 0 aromatic heterocycles. The number of benzene rings is 2. The largest absolute Gasteiger partial charge is 0.493 e. The number of likely N-dealkylation sites (tertiary alicyclic amines) is 1. The predicted octanol–water partition coefficient (Wildman–Crippen LogP) is 4.15. The van der Waals surface area contributed by atoms with Gasteiger partial charge >= 0.3 is 0 Å². The van der Waals surface area contributed by atoms with Crippen molar-refractivity contribution in [2.24, 2.45) is 0 Å². The molecule has 2 unspecified atom stereocenters. The fourth-order valence-electron chi connectivity index (χ4n) is 4.03. The molecule has 156 valence electrons. The van der Waals surface area contributed by atoms with Gasteiger partial charge in [0.25, 0.3) is 0 Å². The third-order valence-corrected chi connectivity index (χ3v) is 5.73. The lowest BCUT2D eigenvalue weighted by Gasteiger charge is -2.29. The van der Waals surface area contributed by atoms with Crippen molar-refractivity contribution < 1.29 is 14.3 Å². The number of nitrogens with one attached hydrogen (secondary N) is 1. The molecule has 1 saturated heterocycles. The van der Waals surface area contributed by atoms with E-state index in [1.165, 1.54) is 18.4 Å². The molecule has 29 heavy (non-hydrogen) atoms. The summed E-state index contributed by atoms with van der Waals surface area (Å²) in [4.78, 5) is 15.1. The fourth-order valence-corrected chi connectivity index (χ4v) is 4.03. The molecule has 0 spiro atoms. The smallest absolute Gasteiger partial charge is 0.220 e. The standard InChI is InChI=1S/C24H32N2O3/c1-18(19-9-5-4-6-10-19)15-24(27)25-17-21(26-13-7-8-14-26)20-11-12-22(28-2)23(16-20)29-3/h4-6,9-12,16,18,21H,7-8,13-15,17H2,1-3H3,(H,25,27). The van der Waals surface area contributed by atoms with Crippen molar-refractivity contribution in [2.75, 3.05) is 33.9 Å². The minimum atomic E-state index is 0.0889. The summed E-state index contributed by atoms with van der Waals surface area (Å²) >= 11 is 0. The second-order valence-electron chi connectivity index (χ2n) is 7.69. The molecule has 1 aliphatic heterocycles. The molecule has 2 aromatic rings. The van der Waals surface area contributed by atoms with E-state index >= 15 is 0 Å². The van der Waals surface area contributed by atoms with Crippen LogP contribution in [0.5, 0.6) is 11.5 Å². The Morgan fingerprint density at radius 3 is 2.34 bits per heavy atom. The van der Waals surface area contributed by atoms with Crippen LogP contribution in [0.3, 0.4) is 0 Å². The van der Waals surface area contributed by atoms with Crippen molar-refractivity contribution >= 4 is 5.91 Å². The molecule has 1 heterocycles. The van der Waals surface area contributed by atoms with E-state index in [0.29, 0.717) is 13.0 Å². The Balaban J connectivity index is 1.67. The second-order valence-corrected chi connectivity index (χ2v) is 7.69. The summed E-state index contributed by atoms with van der Waals surface area (Å²) in [5, 5.41) is 3.17. The third-order valence-electron chi connectivity index (χ3n) is 5.73. The van der Waals surface area contributed by atoms with Gasteiger partial charge in [0.15, 0.2) is 11.5 Å². The van der Waals surface area contributed by atoms with Crippen molar-refractivity contribution in [1.82, 2.24) is 10.2 Å². The molecular weight excluding hydrogens is 364 g/mol. The van der Waals surface area contributed by atoms with Crippen LogP contribution in [-0.4, -0.2) is 44.7 Å². The van der Waals surface area contributed by atoms with Crippen LogP contribution in [0.1, 0.15) is 49.3 Å². The Labute approximate surface area is 174 Å². The molecule has 0 saturated carbocycles. The first-order chi connectivity index (χ1) is 14.1. The van der Waals surface area contributed by atoms with Gasteiger partial charge in [0, 0.05) is 13.0 Å². The summed E-state index contributed by atoms with van der Waals surface area (Å²) in [6, 6.07) is 16.4. The van der Waals surface area contributed by atoms with Crippen LogP contribution < -0.4 is 14.8 Å². The van der Waals surface area contributed by atoms with E-state index in [0.717, 1.165) is 30.2 Å². The van der Waals surface area contributed by atoms with Gasteiger partial charge < -0.3 is 14.8 Å². The molecule has 1 amide bonds. The molecule has 0 bridgehead atoms. The van der Waals surface area contributed by atoms with Crippen LogP contribution in [-0.2, 0) is 4.79 Å². The van der Waals surface area contributed by atoms with E-state index in [4.69, 9.17) is 9.47 Å². The average Bonchev–Trinajstić information content (AvgIpc) is 3.28. The average molecular weight is 397 g/mol. The third kappa shape index (κ3) is 5.51. The minimum absolute atomic E-state index is 0.0889. The topological polar surface area (TPSA) is 50.8 Å². The van der Waals surface area contributed by atoms with Crippen molar-refractivity contribution in [2.45, 2.75) is 38.1 Å². The van der Waals surface area contributed by atoms with E-state index in [1.807, 2.05) is 30.3 Å². The first kappa shape index (κ1) is 21.2. The van der Waals surface area contributed by atoms with Crippen LogP contribution in [0.4, 0.5) is 0 Å². The summed E-state index contributed by atoms with van der Waals surface area (Å²) in [5.74, 6) is 1.73. The molecule has 5 nitrogen and oxygen atoms in total. The van der Waals surface area contributed by atoms with E-state index in [2.05, 4.69) is 35.3 Å². The maximum Gasteiger partial charge on any atom is 0.220 e. The lowest BCUT2D eigenvalue weighted by molar-refractivity contribution is -0.121. The lowest BCUT2D eigenvalue weighted by atomic mass is 9.97. The quantitative estimate of drug-likeness (QED) is 0.692. The predicted molar refractivity (Wildman–Crippen MR) is 116 cm³/mol. The number of methoxy groups -OCH3 is 2. The molecule has 0 aliphatic carbocycles. The van der Waals surface area contributed by atoms with Crippen molar-refractivity contribution in [3.63, 3.8) is 0 Å². The fraction of sp³-hybridized carbons (Fsp3) is 0.458. The number of amides is 1. The molecule has 2 aromatic carbocycles. The SMILES string of the molecule is COc1ccc(C(CNC(=O)CC(C)c2ccccc2)N2CCCC2)cc1OC. The van der Waals surface area contributed by atoms with Crippen molar-refractivity contribution in [3.05, 3.63) is 59.7 Å². The van der Waals surface area contributed by atoms with E-state index in [9.17, 15) is 4.79 Å². The van der Waals surface area contributed by atoms with Crippen LogP contribution in [0.25, 0.3) is 0 Å². The van der Waals surface area contributed by atoms with Crippen molar-refractivity contribution in [3.8, 4) is 11.5 Å². The molecule has 2 atom stereocenters. The molecular formula is C24H32N2O3. The molecule has 5 heteroatoms. The Kier molecular flexibility index (Phi) is 7.53. The van der Waals surface area contributed by atoms with Gasteiger partial charge in [-0.1, -0.05) is 43.3 Å². The van der Waals surface area contributed by atoms with Gasteiger partial charge in [0.05, 0.1) is 20.3 Å². The van der Waals surface area contributed by atoms with Crippen LogP contribution in [0.15, 0.2) is 48.5 Å². The highest BCUT2D eigenvalue weighted by Crippen LogP contribution is 2.33. The highest BCUT2D eigenvalue weighted by atomic mass is 16.5. The molecule has 0 radical (unpaired) electrons. The van der Waals surface area contributed by atoms with Gasteiger partial charge in [0.2, 0.25) is 5.91 Å². The number of carbonyl (C=O) groups is 1. The maximum atomic E-state index is 12.6. The summed E-state index contributed by atoms with van der Waals surface area (Å²) in [6.07, 6.45) is 2.88. The Morgan fingerprint density at radius 2 is 1.69 bits per heavy atom. The maximum absolute atomic E-state index is 12.6. The summed E-state index contributed by atoms with van der Waals surface area (Å²) < 4.78 is 10.9. The van der Waals surface area contributed by atoms with Gasteiger partial charge in [-0.3, -0.25) is 9.69 Å². The van der Waals surface area contributed by atoms with E-state index in [1.54, 1.807) is 14.2 Å². The highest BCUT2D eigenvalue weighted by Gasteiger charge is 2.25. The Hall–Kier alpha value is -2.53. The lowest BCUT2D eigenvalue weighted by Crippen LogP contribution is -2.37. The first-order valence-electron chi connectivity index (χ1n) is 10.4. The highest BCUT2D eigenvalue weighted by molar-refractivity contribution is 5.76. The summed E-state index contributed by atoms with van der Waals surface area (Å²) in [7, 11) is 3.29. The number of ether oxygens (including phenoxy) is 2. The number of hydrogen-bond donors (Lipinski definition) is 1. The van der Waals surface area contributed by atoms with Crippen molar-refractivity contribution in [1.29, 1.82) is 0 Å². The number of nitrogens with zero attached hydrogens (tertiary/aromatic N) is 1. The second kappa shape index (κ2) is 10.3. The zero-order valence-corrected chi connectivity index (χ0v) is 17.7. The molecule has 1 aliphatic rings. The van der Waals surface area contributed by atoms with Gasteiger partial charge in [-0.25, -0.2) is 0 Å². The zero-order chi connectivity index (χ0) is 20.6. The molecule has 1 N–H and O–H groups in total. The van der Waals surface area contributed by atoms with Gasteiger partial charge in [-0.15, -0.1) is 0 Å². The van der Waals surface area contributed by atoms with Crippen LogP contribution in [0.2, 0.25) is 0 Å². The molecule has 3 rings (SSSR count). The zero-order valence-electron chi connectivity index (χ0n) is 17.7. The minimum Gasteiger partial charge on any atom is -0.493 e.